The van der Waals surface area contributed by atoms with Gasteiger partial charge in [0.1, 0.15) is 0 Å². The van der Waals surface area contributed by atoms with Gasteiger partial charge in [0.05, 0.1) is 0 Å². The van der Waals surface area contributed by atoms with E-state index < -0.39 is 0 Å². The molecule has 0 aliphatic heterocycles. The summed E-state index contributed by atoms with van der Waals surface area (Å²) in [6.45, 7) is 15.6. The molecule has 0 saturated carbocycles. The van der Waals surface area contributed by atoms with Crippen molar-refractivity contribution >= 4 is 0 Å². The minimum Gasteiger partial charge on any atom is -0.0558 e. The minimum absolute atomic E-state index is 1.34. The Morgan fingerprint density at radius 1 is 0.526 bits per heavy atom. The van der Waals surface area contributed by atoms with Gasteiger partial charge in [-0.3, -0.25) is 0 Å². The van der Waals surface area contributed by atoms with E-state index in [1.54, 1.807) is 0 Å². The van der Waals surface area contributed by atoms with Crippen molar-refractivity contribution in [2.24, 2.45) is 0 Å². The number of hydrogen-bond donors (Lipinski definition) is 0. The van der Waals surface area contributed by atoms with Crippen LogP contribution in [0.4, 0.5) is 0 Å². The van der Waals surface area contributed by atoms with Gasteiger partial charge in [-0.1, -0.05) is 23.8 Å². The monoisotopic (exact) mass is 252 g/mol. The molecule has 0 amide bonds. The second kappa shape index (κ2) is 4.85. The van der Waals surface area contributed by atoms with Crippen molar-refractivity contribution < 1.29 is 0 Å². The Kier molecular flexibility index (Phi) is 3.54. The largest absolute Gasteiger partial charge is 0.0558 e. The van der Waals surface area contributed by atoms with E-state index in [-0.39, 0.29) is 0 Å². The standard InChI is InChI=1S/C19H24/c1-11-8-14(4)18-16(6)12(2)10-13(3)17(7)19(18)15(5)9-11/h8-10H,1-7H3. The second-order valence-corrected chi connectivity index (χ2v) is 5.91. The summed E-state index contributed by atoms with van der Waals surface area (Å²) in [5, 5.41) is 0. The lowest BCUT2D eigenvalue weighted by atomic mass is 9.87. The third kappa shape index (κ3) is 2.32. The van der Waals surface area contributed by atoms with Crippen molar-refractivity contribution in [2.75, 3.05) is 0 Å². The van der Waals surface area contributed by atoms with E-state index in [1.165, 1.54) is 50.2 Å². The lowest BCUT2D eigenvalue weighted by Crippen LogP contribution is -1.99. The molecule has 19 heavy (non-hydrogen) atoms. The number of hydrogen-bond acceptors (Lipinski definition) is 0. The van der Waals surface area contributed by atoms with Crippen molar-refractivity contribution in [3.8, 4) is 0 Å². The van der Waals surface area contributed by atoms with Crippen LogP contribution in [0.3, 0.4) is 0 Å². The van der Waals surface area contributed by atoms with Gasteiger partial charge >= 0.3 is 0 Å². The second-order valence-electron chi connectivity index (χ2n) is 5.91. The highest BCUT2D eigenvalue weighted by atomic mass is 14.3. The average Bonchev–Trinajstić information content (AvgIpc) is 2.47. The molecule has 2 rings (SSSR count). The van der Waals surface area contributed by atoms with Gasteiger partial charge in [-0.15, -0.1) is 0 Å². The first-order chi connectivity index (χ1) is 8.82. The zero-order valence-electron chi connectivity index (χ0n) is 13.2. The summed E-state index contributed by atoms with van der Waals surface area (Å²) in [7, 11) is 0. The van der Waals surface area contributed by atoms with Crippen LogP contribution < -0.4 is 0 Å². The fourth-order valence-corrected chi connectivity index (χ4v) is 3.17. The highest BCUT2D eigenvalue weighted by Gasteiger charge is 2.21. The van der Waals surface area contributed by atoms with E-state index in [9.17, 15) is 0 Å². The average molecular weight is 252 g/mol. The molecule has 0 heterocycles. The van der Waals surface area contributed by atoms with E-state index in [4.69, 9.17) is 0 Å². The van der Waals surface area contributed by atoms with Gasteiger partial charge in [-0.2, -0.15) is 0 Å². The van der Waals surface area contributed by atoms with Crippen LogP contribution in [-0.2, 0) is 0 Å². The van der Waals surface area contributed by atoms with Gasteiger partial charge in [-0.25, -0.2) is 0 Å². The lowest BCUT2D eigenvalue weighted by molar-refractivity contribution is 1.21. The predicted molar refractivity (Wildman–Crippen MR) is 85.0 cm³/mol. The summed E-state index contributed by atoms with van der Waals surface area (Å²) in [6, 6.07) is 0. The summed E-state index contributed by atoms with van der Waals surface area (Å²) < 4.78 is 0. The van der Waals surface area contributed by atoms with Gasteiger partial charge in [0.2, 0.25) is 0 Å². The van der Waals surface area contributed by atoms with Gasteiger partial charge in [-0.05, 0) is 93.1 Å². The molecule has 100 valence electrons. The highest BCUT2D eigenvalue weighted by Crippen LogP contribution is 2.39. The molecule has 0 heteroatoms. The quantitative estimate of drug-likeness (QED) is 0.509. The zero-order chi connectivity index (χ0) is 14.3. The first-order valence-electron chi connectivity index (χ1n) is 6.98. The molecule has 0 saturated heterocycles. The maximum Gasteiger partial charge on any atom is -0.0117 e. The molecule has 0 fully saturated rings. The first-order valence-corrected chi connectivity index (χ1v) is 6.98. The molecule has 0 radical (unpaired) electrons. The van der Waals surface area contributed by atoms with Crippen LogP contribution in [0, 0.1) is 0 Å². The molecular weight excluding hydrogens is 228 g/mol. The molecule has 0 atom stereocenters. The Balaban J connectivity index is 2.90. The lowest BCUT2D eigenvalue weighted by Gasteiger charge is -2.17. The van der Waals surface area contributed by atoms with E-state index in [2.05, 4.69) is 66.7 Å². The molecule has 0 bridgehead atoms. The summed E-state index contributed by atoms with van der Waals surface area (Å²) in [5.74, 6) is 0. The fourth-order valence-electron chi connectivity index (χ4n) is 3.17. The van der Waals surface area contributed by atoms with E-state index in [0.29, 0.717) is 0 Å². The molecule has 2 aliphatic carbocycles. The normalized spacial score (nSPS) is 20.7. The first kappa shape index (κ1) is 13.9. The number of allylic oxidation sites excluding steroid dienone is 12. The molecule has 0 N–H and O–H groups in total. The zero-order valence-corrected chi connectivity index (χ0v) is 13.2. The van der Waals surface area contributed by atoms with Gasteiger partial charge in [0, 0.05) is 0 Å². The molecule has 2 aliphatic rings. The minimum atomic E-state index is 1.34. The van der Waals surface area contributed by atoms with Crippen LogP contribution in [0.25, 0.3) is 0 Å². The van der Waals surface area contributed by atoms with Gasteiger partial charge in [0.15, 0.2) is 0 Å². The molecule has 0 aromatic carbocycles. The van der Waals surface area contributed by atoms with Crippen molar-refractivity contribution in [3.05, 3.63) is 68.4 Å². The molecule has 0 aromatic heterocycles. The van der Waals surface area contributed by atoms with Gasteiger partial charge in [0.25, 0.3) is 0 Å². The Labute approximate surface area is 117 Å². The topological polar surface area (TPSA) is 0 Å². The Hall–Kier alpha value is -1.56. The molecule has 0 aromatic rings. The van der Waals surface area contributed by atoms with Crippen LogP contribution in [0.2, 0.25) is 0 Å². The van der Waals surface area contributed by atoms with Crippen LogP contribution in [0.1, 0.15) is 48.5 Å². The molecule has 0 unspecified atom stereocenters. The van der Waals surface area contributed by atoms with Gasteiger partial charge < -0.3 is 0 Å². The third-order valence-electron chi connectivity index (χ3n) is 4.29. The van der Waals surface area contributed by atoms with E-state index in [1.807, 2.05) is 0 Å². The third-order valence-corrected chi connectivity index (χ3v) is 4.29. The maximum atomic E-state index is 2.32. The van der Waals surface area contributed by atoms with E-state index >= 15 is 0 Å². The van der Waals surface area contributed by atoms with Crippen LogP contribution in [0.5, 0.6) is 0 Å². The van der Waals surface area contributed by atoms with Crippen LogP contribution in [-0.4, -0.2) is 0 Å². The molecule has 0 spiro atoms. The van der Waals surface area contributed by atoms with Crippen LogP contribution >= 0.6 is 0 Å². The van der Waals surface area contributed by atoms with Crippen molar-refractivity contribution in [1.82, 2.24) is 0 Å². The predicted octanol–water partition coefficient (Wildman–Crippen LogP) is 5.82. The maximum absolute atomic E-state index is 2.32. The number of fused-ring (bicyclic) bond motifs is 1. The SMILES string of the molecule is CC1=CC(C)=C2C(C)=C(C)C=C(C)C(C)=C2C(C)=C1. The Morgan fingerprint density at radius 2 is 1.16 bits per heavy atom. The van der Waals surface area contributed by atoms with Crippen LogP contribution in [0.15, 0.2) is 68.4 Å². The summed E-state index contributed by atoms with van der Waals surface area (Å²) in [5.41, 5.74) is 12.5. The van der Waals surface area contributed by atoms with E-state index in [0.717, 1.165) is 0 Å². The Bertz CT molecular complexity index is 623. The van der Waals surface area contributed by atoms with Crippen molar-refractivity contribution in [1.29, 1.82) is 0 Å². The summed E-state index contributed by atoms with van der Waals surface area (Å²) in [6.07, 6.45) is 6.92. The van der Waals surface area contributed by atoms with Crippen molar-refractivity contribution in [3.63, 3.8) is 0 Å². The summed E-state index contributed by atoms with van der Waals surface area (Å²) in [4.78, 5) is 0. The highest BCUT2D eigenvalue weighted by molar-refractivity contribution is 5.68. The molecular formula is C19H24. The molecule has 0 nitrogen and oxygen atoms in total. The number of rotatable bonds is 0. The smallest absolute Gasteiger partial charge is 0.0117 e. The summed E-state index contributed by atoms with van der Waals surface area (Å²) >= 11 is 0. The Morgan fingerprint density at radius 3 is 1.79 bits per heavy atom. The fraction of sp³-hybridized carbons (Fsp3) is 0.368. The van der Waals surface area contributed by atoms with Crippen molar-refractivity contribution in [2.45, 2.75) is 48.5 Å².